The fourth-order valence-corrected chi connectivity index (χ4v) is 2.43. The zero-order valence-electron chi connectivity index (χ0n) is 12.1. The minimum Gasteiger partial charge on any atom is -0.479 e. The Balaban J connectivity index is 1.90. The number of nitro groups is 1. The Labute approximate surface area is 144 Å². The number of aromatic hydroxyl groups is 1. The van der Waals surface area contributed by atoms with Crippen LogP contribution in [0.25, 0.3) is 11.5 Å². The molecular formula is C16H10BrN3O4. The molecule has 0 spiro atoms. The van der Waals surface area contributed by atoms with E-state index in [9.17, 15) is 15.2 Å². The first-order valence-corrected chi connectivity index (χ1v) is 7.57. The van der Waals surface area contributed by atoms with Gasteiger partial charge in [0.15, 0.2) is 5.69 Å². The minimum absolute atomic E-state index is 0.0667. The highest BCUT2D eigenvalue weighted by atomic mass is 79.9. The molecule has 2 aromatic carbocycles. The van der Waals surface area contributed by atoms with Gasteiger partial charge in [-0.1, -0.05) is 18.2 Å². The van der Waals surface area contributed by atoms with E-state index in [1.165, 1.54) is 24.4 Å². The summed E-state index contributed by atoms with van der Waals surface area (Å²) in [7, 11) is 0. The van der Waals surface area contributed by atoms with Gasteiger partial charge in [0, 0.05) is 16.6 Å². The number of hydrogen-bond acceptors (Lipinski definition) is 6. The molecule has 0 bridgehead atoms. The Hall–Kier alpha value is -3.00. The molecule has 3 aromatic rings. The lowest BCUT2D eigenvalue weighted by atomic mass is 10.2. The summed E-state index contributed by atoms with van der Waals surface area (Å²) >= 11 is 3.38. The van der Waals surface area contributed by atoms with Crippen LogP contribution in [0.5, 0.6) is 5.95 Å². The molecule has 0 unspecified atom stereocenters. The van der Waals surface area contributed by atoms with Crippen LogP contribution in [0.2, 0.25) is 0 Å². The fourth-order valence-electron chi connectivity index (χ4n) is 1.98. The van der Waals surface area contributed by atoms with Gasteiger partial charge in [-0.2, -0.15) is 0 Å². The highest BCUT2D eigenvalue weighted by molar-refractivity contribution is 9.10. The number of benzene rings is 2. The van der Waals surface area contributed by atoms with E-state index in [1.54, 1.807) is 12.1 Å². The topological polar surface area (TPSA) is 102 Å². The van der Waals surface area contributed by atoms with Gasteiger partial charge in [0.05, 0.1) is 22.4 Å². The van der Waals surface area contributed by atoms with E-state index in [4.69, 9.17) is 4.42 Å². The summed E-state index contributed by atoms with van der Waals surface area (Å²) < 4.78 is 6.02. The number of nitro benzene ring substituents is 1. The first kappa shape index (κ1) is 15.9. The van der Waals surface area contributed by atoms with E-state index in [0.29, 0.717) is 11.3 Å². The van der Waals surface area contributed by atoms with Crippen LogP contribution in [-0.4, -0.2) is 21.2 Å². The van der Waals surface area contributed by atoms with E-state index in [1.807, 2.05) is 18.2 Å². The maximum absolute atomic E-state index is 10.8. The maximum Gasteiger partial charge on any atom is 0.312 e. The predicted molar refractivity (Wildman–Crippen MR) is 91.7 cm³/mol. The summed E-state index contributed by atoms with van der Waals surface area (Å²) in [5.74, 6) is -0.143. The number of nitrogens with zero attached hydrogens (tertiary/aromatic N) is 3. The van der Waals surface area contributed by atoms with Crippen molar-refractivity contribution < 1.29 is 14.4 Å². The molecular weight excluding hydrogens is 378 g/mol. The summed E-state index contributed by atoms with van der Waals surface area (Å²) in [5.41, 5.74) is 1.12. The second-order valence-electron chi connectivity index (χ2n) is 4.72. The van der Waals surface area contributed by atoms with Gasteiger partial charge in [0.25, 0.3) is 5.69 Å². The van der Waals surface area contributed by atoms with Gasteiger partial charge in [0.1, 0.15) is 0 Å². The SMILES string of the molecule is O=[N+]([O-])c1cccc(N=Cc2nc(-c3ccccc3Br)oc2O)c1. The van der Waals surface area contributed by atoms with Crippen molar-refractivity contribution in [3.63, 3.8) is 0 Å². The van der Waals surface area contributed by atoms with Crippen LogP contribution in [0.3, 0.4) is 0 Å². The molecule has 0 aliphatic carbocycles. The third kappa shape index (κ3) is 3.33. The first-order valence-electron chi connectivity index (χ1n) is 6.78. The van der Waals surface area contributed by atoms with Gasteiger partial charge in [-0.25, -0.2) is 4.98 Å². The molecule has 0 saturated carbocycles. The quantitative estimate of drug-likeness (QED) is 0.404. The van der Waals surface area contributed by atoms with Gasteiger partial charge in [0.2, 0.25) is 5.89 Å². The Morgan fingerprint density at radius 1 is 1.25 bits per heavy atom. The molecule has 3 rings (SSSR count). The molecule has 1 heterocycles. The van der Waals surface area contributed by atoms with Crippen LogP contribution in [-0.2, 0) is 0 Å². The molecule has 0 fully saturated rings. The molecule has 0 radical (unpaired) electrons. The van der Waals surface area contributed by atoms with Gasteiger partial charge >= 0.3 is 5.95 Å². The third-order valence-electron chi connectivity index (χ3n) is 3.12. The van der Waals surface area contributed by atoms with Crippen molar-refractivity contribution in [3.8, 4) is 17.4 Å². The fraction of sp³-hybridized carbons (Fsp3) is 0. The first-order chi connectivity index (χ1) is 11.5. The highest BCUT2D eigenvalue weighted by Gasteiger charge is 2.14. The number of halogens is 1. The third-order valence-corrected chi connectivity index (χ3v) is 3.81. The molecule has 24 heavy (non-hydrogen) atoms. The Morgan fingerprint density at radius 3 is 2.79 bits per heavy atom. The number of aromatic nitrogens is 1. The van der Waals surface area contributed by atoms with Gasteiger partial charge in [-0.15, -0.1) is 0 Å². The van der Waals surface area contributed by atoms with E-state index in [0.717, 1.165) is 4.47 Å². The lowest BCUT2D eigenvalue weighted by molar-refractivity contribution is -0.384. The molecule has 0 aliphatic heterocycles. The largest absolute Gasteiger partial charge is 0.479 e. The molecule has 0 amide bonds. The number of hydrogen-bond donors (Lipinski definition) is 1. The van der Waals surface area contributed by atoms with Crippen molar-refractivity contribution in [2.45, 2.75) is 0 Å². The lowest BCUT2D eigenvalue weighted by Gasteiger charge is -1.97. The summed E-state index contributed by atoms with van der Waals surface area (Å²) in [6.45, 7) is 0. The molecule has 1 N–H and O–H groups in total. The molecule has 8 heteroatoms. The minimum atomic E-state index is -0.502. The molecule has 7 nitrogen and oxygen atoms in total. The number of non-ortho nitro benzene ring substituents is 1. The Kier molecular flexibility index (Phi) is 4.39. The monoisotopic (exact) mass is 387 g/mol. The number of oxazole rings is 1. The summed E-state index contributed by atoms with van der Waals surface area (Å²) in [5, 5.41) is 20.6. The zero-order valence-corrected chi connectivity index (χ0v) is 13.7. The number of rotatable bonds is 4. The van der Waals surface area contributed by atoms with Crippen molar-refractivity contribution in [1.29, 1.82) is 0 Å². The van der Waals surface area contributed by atoms with Crippen LogP contribution in [0, 0.1) is 10.1 Å². The molecule has 0 aliphatic rings. The van der Waals surface area contributed by atoms with Crippen molar-refractivity contribution in [2.24, 2.45) is 4.99 Å². The van der Waals surface area contributed by atoms with Crippen LogP contribution in [0.15, 0.2) is 62.4 Å². The van der Waals surface area contributed by atoms with E-state index >= 15 is 0 Å². The molecule has 0 atom stereocenters. The zero-order chi connectivity index (χ0) is 17.1. The van der Waals surface area contributed by atoms with Crippen molar-refractivity contribution in [1.82, 2.24) is 4.98 Å². The van der Waals surface area contributed by atoms with Crippen molar-refractivity contribution >= 4 is 33.5 Å². The second-order valence-corrected chi connectivity index (χ2v) is 5.58. The highest BCUT2D eigenvalue weighted by Crippen LogP contribution is 2.31. The Morgan fingerprint density at radius 2 is 2.04 bits per heavy atom. The van der Waals surface area contributed by atoms with Crippen LogP contribution in [0.4, 0.5) is 11.4 Å². The average Bonchev–Trinajstić information content (AvgIpc) is 2.94. The van der Waals surface area contributed by atoms with Crippen molar-refractivity contribution in [2.75, 3.05) is 0 Å². The lowest BCUT2D eigenvalue weighted by Crippen LogP contribution is -1.86. The van der Waals surface area contributed by atoms with Gasteiger partial charge in [-0.3, -0.25) is 15.1 Å². The van der Waals surface area contributed by atoms with Crippen LogP contribution in [0.1, 0.15) is 5.69 Å². The summed E-state index contributed by atoms with van der Waals surface area (Å²) in [6.07, 6.45) is 1.29. The van der Waals surface area contributed by atoms with E-state index < -0.39 is 4.92 Å². The van der Waals surface area contributed by atoms with Gasteiger partial charge in [-0.05, 0) is 34.1 Å². The maximum atomic E-state index is 10.8. The Bertz CT molecular complexity index is 937. The summed E-state index contributed by atoms with van der Waals surface area (Å²) in [6, 6.07) is 13.1. The molecule has 0 saturated heterocycles. The molecule has 1 aromatic heterocycles. The van der Waals surface area contributed by atoms with E-state index in [2.05, 4.69) is 25.9 Å². The standard InChI is InChI=1S/C16H10BrN3O4/c17-13-7-2-1-6-12(13)15-19-14(16(21)24-15)9-18-10-4-3-5-11(8-10)20(22)23/h1-9,21H. The second kappa shape index (κ2) is 6.63. The normalized spacial score (nSPS) is 11.0. The van der Waals surface area contributed by atoms with Crippen LogP contribution < -0.4 is 0 Å². The summed E-state index contributed by atoms with van der Waals surface area (Å²) in [4.78, 5) is 18.5. The average molecular weight is 388 g/mol. The van der Waals surface area contributed by atoms with Gasteiger partial charge < -0.3 is 9.52 Å². The van der Waals surface area contributed by atoms with Crippen LogP contribution >= 0.6 is 15.9 Å². The number of aliphatic imine (C=N–C) groups is 1. The van der Waals surface area contributed by atoms with E-state index in [-0.39, 0.29) is 23.2 Å². The van der Waals surface area contributed by atoms with Crippen molar-refractivity contribution in [3.05, 3.63) is 68.8 Å². The smallest absolute Gasteiger partial charge is 0.312 e. The predicted octanol–water partition coefficient (Wildman–Crippen LogP) is 4.47. The molecule has 120 valence electrons.